The second kappa shape index (κ2) is 11.6. The molecule has 1 aromatic heterocycles. The van der Waals surface area contributed by atoms with Crippen LogP contribution in [-0.4, -0.2) is 82.8 Å². The van der Waals surface area contributed by atoms with Gasteiger partial charge in [-0.3, -0.25) is 14.5 Å². The van der Waals surface area contributed by atoms with E-state index in [2.05, 4.69) is 4.90 Å². The van der Waals surface area contributed by atoms with Gasteiger partial charge in [-0.15, -0.1) is 0 Å². The van der Waals surface area contributed by atoms with Crippen LogP contribution in [-0.2, 0) is 21.4 Å². The van der Waals surface area contributed by atoms with Crippen LogP contribution >= 0.6 is 0 Å². The monoisotopic (exact) mass is 511 g/mol. The van der Waals surface area contributed by atoms with Gasteiger partial charge in [0, 0.05) is 52.3 Å². The first-order valence-corrected chi connectivity index (χ1v) is 13.0. The molecule has 3 heterocycles. The van der Waals surface area contributed by atoms with Crippen molar-refractivity contribution in [3.63, 3.8) is 0 Å². The number of carbonyl (C=O) groups is 2. The predicted molar refractivity (Wildman–Crippen MR) is 140 cm³/mol. The molecule has 1 fully saturated rings. The van der Waals surface area contributed by atoms with Gasteiger partial charge in [-0.1, -0.05) is 32.9 Å². The van der Waals surface area contributed by atoms with Gasteiger partial charge < -0.3 is 14.2 Å². The maximum Gasteiger partial charge on any atom is 0.262 e. The molecule has 0 saturated carbocycles. The fourth-order valence-electron chi connectivity index (χ4n) is 4.78. The third kappa shape index (κ3) is 7.05. The highest BCUT2D eigenvalue weighted by Gasteiger charge is 2.35. The molecule has 9 heteroatoms. The quantitative estimate of drug-likeness (QED) is 0.545. The summed E-state index contributed by atoms with van der Waals surface area (Å²) in [5.74, 6) is -0.619. The Hall–Kier alpha value is -3.04. The van der Waals surface area contributed by atoms with Crippen molar-refractivity contribution >= 4 is 17.5 Å². The van der Waals surface area contributed by atoms with Gasteiger partial charge in [0.15, 0.2) is 0 Å². The lowest BCUT2D eigenvalue weighted by molar-refractivity contribution is -0.142. The first-order chi connectivity index (χ1) is 17.6. The van der Waals surface area contributed by atoms with Crippen LogP contribution in [0.25, 0.3) is 0 Å². The lowest BCUT2D eigenvalue weighted by atomic mass is 9.91. The number of hydrogen-bond donors (Lipinski definition) is 0. The molecule has 4 rings (SSSR count). The molecule has 0 bridgehead atoms. The predicted octanol–water partition coefficient (Wildman–Crippen LogP) is 3.44. The number of hydrazone groups is 1. The Morgan fingerprint density at radius 3 is 2.46 bits per heavy atom. The van der Waals surface area contributed by atoms with Crippen molar-refractivity contribution in [2.75, 3.05) is 45.9 Å². The van der Waals surface area contributed by atoms with Crippen molar-refractivity contribution in [1.82, 2.24) is 19.4 Å². The maximum atomic E-state index is 13.7. The molecule has 0 N–H and O–H groups in total. The van der Waals surface area contributed by atoms with E-state index in [1.165, 1.54) is 17.1 Å². The molecule has 2 aliphatic rings. The first-order valence-electron chi connectivity index (χ1n) is 13.0. The second-order valence-electron chi connectivity index (χ2n) is 11.1. The Balaban J connectivity index is 1.56. The molecule has 2 aliphatic heterocycles. The summed E-state index contributed by atoms with van der Waals surface area (Å²) in [6.07, 6.45) is 2.80. The van der Waals surface area contributed by atoms with E-state index in [0.717, 1.165) is 30.1 Å². The van der Waals surface area contributed by atoms with E-state index < -0.39 is 0 Å². The van der Waals surface area contributed by atoms with Crippen molar-refractivity contribution in [2.24, 2.45) is 17.6 Å². The number of aryl methyl sites for hydroxylation is 1. The summed E-state index contributed by atoms with van der Waals surface area (Å²) in [5, 5.41) is 6.22. The average Bonchev–Trinajstić information content (AvgIpc) is 3.48. The highest BCUT2D eigenvalue weighted by molar-refractivity contribution is 6.02. The standard InChI is InChI=1S/C28H38FN5O3/c1-28(2,3)19-26(35)33(13-12-32-14-16-37-17-15-32)20-27(36)34-25(21-7-9-22(29)10-8-21)18-23(30-34)24-6-5-11-31(24)4/h5-11,25H,12-20H2,1-4H3. The van der Waals surface area contributed by atoms with Gasteiger partial charge in [-0.25, -0.2) is 9.40 Å². The molecule has 8 nitrogen and oxygen atoms in total. The van der Waals surface area contributed by atoms with Crippen molar-refractivity contribution in [2.45, 2.75) is 39.7 Å². The maximum absolute atomic E-state index is 13.7. The molecule has 37 heavy (non-hydrogen) atoms. The molecule has 200 valence electrons. The van der Waals surface area contributed by atoms with Gasteiger partial charge in [0.05, 0.1) is 30.7 Å². The number of amides is 2. The third-order valence-electron chi connectivity index (χ3n) is 6.81. The number of nitrogens with zero attached hydrogens (tertiary/aromatic N) is 5. The van der Waals surface area contributed by atoms with Gasteiger partial charge in [-0.2, -0.15) is 5.10 Å². The second-order valence-corrected chi connectivity index (χ2v) is 11.1. The molecule has 0 aliphatic carbocycles. The number of ether oxygens (including phenoxy) is 1. The average molecular weight is 512 g/mol. The van der Waals surface area contributed by atoms with Crippen LogP contribution in [0.5, 0.6) is 0 Å². The molecule has 0 radical (unpaired) electrons. The van der Waals surface area contributed by atoms with Gasteiger partial charge in [0.2, 0.25) is 5.91 Å². The van der Waals surface area contributed by atoms with E-state index in [0.29, 0.717) is 39.1 Å². The van der Waals surface area contributed by atoms with Crippen LogP contribution in [0.3, 0.4) is 0 Å². The number of benzene rings is 1. The Labute approximate surface area is 218 Å². The van der Waals surface area contributed by atoms with Crippen molar-refractivity contribution in [3.05, 3.63) is 59.7 Å². The lowest BCUT2D eigenvalue weighted by Gasteiger charge is -2.32. The molecule has 1 aromatic carbocycles. The Kier molecular flexibility index (Phi) is 8.44. The topological polar surface area (TPSA) is 70.4 Å². The summed E-state index contributed by atoms with van der Waals surface area (Å²) in [5.41, 5.74) is 2.33. The Morgan fingerprint density at radius 1 is 1.14 bits per heavy atom. The van der Waals surface area contributed by atoms with Gasteiger partial charge >= 0.3 is 0 Å². The largest absolute Gasteiger partial charge is 0.379 e. The van der Waals surface area contributed by atoms with Gasteiger partial charge in [0.1, 0.15) is 12.4 Å². The van der Waals surface area contributed by atoms with E-state index in [-0.39, 0.29) is 35.6 Å². The summed E-state index contributed by atoms with van der Waals surface area (Å²) in [6.45, 7) is 10.2. The molecule has 1 saturated heterocycles. The smallest absolute Gasteiger partial charge is 0.262 e. The third-order valence-corrected chi connectivity index (χ3v) is 6.81. The minimum absolute atomic E-state index is 0.0433. The summed E-state index contributed by atoms with van der Waals surface area (Å²) < 4.78 is 21.1. The Bertz CT molecular complexity index is 1120. The molecular formula is C28H38FN5O3. The number of morpholine rings is 1. The van der Waals surface area contributed by atoms with E-state index in [1.54, 1.807) is 17.0 Å². The summed E-state index contributed by atoms with van der Waals surface area (Å²) in [4.78, 5) is 31.0. The van der Waals surface area contributed by atoms with E-state index in [1.807, 2.05) is 50.7 Å². The zero-order chi connectivity index (χ0) is 26.6. The molecule has 2 aromatic rings. The molecule has 1 unspecified atom stereocenters. The van der Waals surface area contributed by atoms with Crippen LogP contribution in [0.15, 0.2) is 47.7 Å². The fraction of sp³-hybridized carbons (Fsp3) is 0.536. The molecule has 0 spiro atoms. The highest BCUT2D eigenvalue weighted by atomic mass is 19.1. The fourth-order valence-corrected chi connectivity index (χ4v) is 4.78. The molecular weight excluding hydrogens is 473 g/mol. The normalized spacial score (nSPS) is 18.7. The van der Waals surface area contributed by atoms with Crippen LogP contribution in [0.1, 0.15) is 50.9 Å². The summed E-state index contributed by atoms with van der Waals surface area (Å²) in [6, 6.07) is 9.75. The lowest BCUT2D eigenvalue weighted by Crippen LogP contribution is -2.47. The van der Waals surface area contributed by atoms with E-state index in [9.17, 15) is 14.0 Å². The van der Waals surface area contributed by atoms with Gasteiger partial charge in [0.25, 0.3) is 5.91 Å². The summed E-state index contributed by atoms with van der Waals surface area (Å²) in [7, 11) is 1.94. The van der Waals surface area contributed by atoms with Crippen LogP contribution < -0.4 is 0 Å². The van der Waals surface area contributed by atoms with Crippen LogP contribution in [0, 0.1) is 11.2 Å². The molecule has 2 amide bonds. The highest BCUT2D eigenvalue weighted by Crippen LogP contribution is 2.33. The number of hydrogen-bond acceptors (Lipinski definition) is 5. The Morgan fingerprint density at radius 2 is 1.84 bits per heavy atom. The van der Waals surface area contributed by atoms with Crippen molar-refractivity contribution < 1.29 is 18.7 Å². The minimum atomic E-state index is -0.364. The number of rotatable bonds is 8. The van der Waals surface area contributed by atoms with E-state index in [4.69, 9.17) is 9.84 Å². The van der Waals surface area contributed by atoms with Gasteiger partial charge in [-0.05, 0) is 35.2 Å². The summed E-state index contributed by atoms with van der Waals surface area (Å²) >= 11 is 0. The van der Waals surface area contributed by atoms with Crippen LogP contribution in [0.2, 0.25) is 0 Å². The number of halogens is 1. The molecule has 1 atom stereocenters. The number of aromatic nitrogens is 1. The minimum Gasteiger partial charge on any atom is -0.379 e. The van der Waals surface area contributed by atoms with E-state index >= 15 is 0 Å². The SMILES string of the molecule is Cn1cccc1C1=NN(C(=O)CN(CCN2CCOCC2)C(=O)CC(C)(C)C)C(c2ccc(F)cc2)C1. The zero-order valence-corrected chi connectivity index (χ0v) is 22.3. The first kappa shape index (κ1) is 27.0. The van der Waals surface area contributed by atoms with Crippen molar-refractivity contribution in [3.8, 4) is 0 Å². The van der Waals surface area contributed by atoms with Crippen LogP contribution in [0.4, 0.5) is 4.39 Å². The zero-order valence-electron chi connectivity index (χ0n) is 22.3. The number of carbonyl (C=O) groups excluding carboxylic acids is 2. The van der Waals surface area contributed by atoms with Crippen molar-refractivity contribution in [1.29, 1.82) is 0 Å².